The minimum atomic E-state index is -4.53. The van der Waals surface area contributed by atoms with E-state index < -0.39 is 42.8 Å². The van der Waals surface area contributed by atoms with Crippen molar-refractivity contribution in [1.29, 1.82) is 0 Å². The van der Waals surface area contributed by atoms with Gasteiger partial charge in [-0.1, -0.05) is 6.92 Å². The van der Waals surface area contributed by atoms with Gasteiger partial charge in [-0.15, -0.1) is 0 Å². The van der Waals surface area contributed by atoms with Gasteiger partial charge in [0.25, 0.3) is 11.6 Å². The number of sulfonamides is 1. The van der Waals surface area contributed by atoms with Gasteiger partial charge in [0.1, 0.15) is 4.90 Å². The van der Waals surface area contributed by atoms with E-state index in [2.05, 4.69) is 5.32 Å². The molecule has 0 saturated heterocycles. The van der Waals surface area contributed by atoms with E-state index in [1.807, 2.05) is 0 Å². The van der Waals surface area contributed by atoms with Crippen LogP contribution in [0.4, 0.5) is 10.1 Å². The molecule has 110 valence electrons. The second-order valence-electron chi connectivity index (χ2n) is 3.86. The average Bonchev–Trinajstić information content (AvgIpc) is 2.34. The molecule has 8 nitrogen and oxygen atoms in total. The summed E-state index contributed by atoms with van der Waals surface area (Å²) in [7, 11) is -4.53. The van der Waals surface area contributed by atoms with Crippen LogP contribution in [0.2, 0.25) is 0 Å². The molecule has 0 aliphatic carbocycles. The fraction of sp³-hybridized carbons (Fsp3) is 0.300. The van der Waals surface area contributed by atoms with Gasteiger partial charge < -0.3 is 5.32 Å². The maximum atomic E-state index is 13.9. The molecular weight excluding hydrogens is 293 g/mol. The predicted molar refractivity (Wildman–Crippen MR) is 67.1 cm³/mol. The molecule has 20 heavy (non-hydrogen) atoms. The number of non-ortho nitro benzene ring substituents is 1. The van der Waals surface area contributed by atoms with E-state index >= 15 is 0 Å². The standard InChI is InChI=1S/C10H12FN3O5S/c1-2-3-13-10(15)7-4-6(14(16)17)5-8(9(7)11)20(12,18)19/h4-5H,2-3H2,1H3,(H,13,15)(H2,12,18,19). The molecule has 0 aromatic heterocycles. The number of rotatable bonds is 5. The van der Waals surface area contributed by atoms with Crippen molar-refractivity contribution in [2.45, 2.75) is 18.2 Å². The summed E-state index contributed by atoms with van der Waals surface area (Å²) >= 11 is 0. The van der Waals surface area contributed by atoms with Crippen LogP contribution in [-0.4, -0.2) is 25.8 Å². The van der Waals surface area contributed by atoms with Gasteiger partial charge >= 0.3 is 0 Å². The zero-order valence-electron chi connectivity index (χ0n) is 10.4. The van der Waals surface area contributed by atoms with Crippen LogP contribution < -0.4 is 10.5 Å². The van der Waals surface area contributed by atoms with Gasteiger partial charge in [-0.05, 0) is 6.42 Å². The highest BCUT2D eigenvalue weighted by atomic mass is 32.2. The van der Waals surface area contributed by atoms with Crippen molar-refractivity contribution in [3.63, 3.8) is 0 Å². The molecule has 1 amide bonds. The highest BCUT2D eigenvalue weighted by Crippen LogP contribution is 2.24. The van der Waals surface area contributed by atoms with Gasteiger partial charge in [0.05, 0.1) is 10.5 Å². The average molecular weight is 305 g/mol. The number of benzene rings is 1. The SMILES string of the molecule is CCCNC(=O)c1cc([N+](=O)[O-])cc(S(N)(=O)=O)c1F. The number of hydrogen-bond donors (Lipinski definition) is 2. The summed E-state index contributed by atoms with van der Waals surface area (Å²) in [5, 5.41) is 17.8. The molecule has 0 unspecified atom stereocenters. The smallest absolute Gasteiger partial charge is 0.271 e. The van der Waals surface area contributed by atoms with E-state index in [0.29, 0.717) is 18.6 Å². The van der Waals surface area contributed by atoms with Crippen molar-refractivity contribution in [2.24, 2.45) is 5.14 Å². The third kappa shape index (κ3) is 3.48. The van der Waals surface area contributed by atoms with Gasteiger partial charge in [0.2, 0.25) is 10.0 Å². The number of nitro groups is 1. The van der Waals surface area contributed by atoms with Crippen LogP contribution in [-0.2, 0) is 10.0 Å². The molecule has 1 rings (SSSR count). The molecule has 0 aliphatic rings. The van der Waals surface area contributed by atoms with Crippen LogP contribution in [0, 0.1) is 15.9 Å². The molecule has 1 aromatic rings. The van der Waals surface area contributed by atoms with Crippen molar-refractivity contribution in [2.75, 3.05) is 6.54 Å². The first-order valence-electron chi connectivity index (χ1n) is 5.47. The predicted octanol–water partition coefficient (Wildman–Crippen LogP) is 0.521. The van der Waals surface area contributed by atoms with Crippen molar-refractivity contribution in [3.8, 4) is 0 Å². The number of nitrogens with two attached hydrogens (primary N) is 1. The third-order valence-corrected chi connectivity index (χ3v) is 3.23. The highest BCUT2D eigenvalue weighted by molar-refractivity contribution is 7.89. The van der Waals surface area contributed by atoms with Crippen LogP contribution in [0.15, 0.2) is 17.0 Å². The van der Waals surface area contributed by atoms with E-state index in [-0.39, 0.29) is 6.54 Å². The van der Waals surface area contributed by atoms with Crippen LogP contribution >= 0.6 is 0 Å². The Hall–Kier alpha value is -2.07. The second kappa shape index (κ2) is 5.92. The van der Waals surface area contributed by atoms with E-state index in [1.165, 1.54) is 0 Å². The zero-order valence-corrected chi connectivity index (χ0v) is 11.2. The third-order valence-electron chi connectivity index (χ3n) is 2.32. The molecule has 0 bridgehead atoms. The molecule has 0 radical (unpaired) electrons. The lowest BCUT2D eigenvalue weighted by molar-refractivity contribution is -0.385. The highest BCUT2D eigenvalue weighted by Gasteiger charge is 2.26. The molecule has 0 fully saturated rings. The van der Waals surface area contributed by atoms with Crippen molar-refractivity contribution in [3.05, 3.63) is 33.6 Å². The lowest BCUT2D eigenvalue weighted by atomic mass is 10.1. The molecule has 10 heteroatoms. The number of carbonyl (C=O) groups excluding carboxylic acids is 1. The fourth-order valence-electron chi connectivity index (χ4n) is 1.39. The van der Waals surface area contributed by atoms with Crippen LogP contribution in [0.25, 0.3) is 0 Å². The molecule has 0 atom stereocenters. The van der Waals surface area contributed by atoms with Gasteiger partial charge in [-0.2, -0.15) is 0 Å². The molecule has 0 aliphatic heterocycles. The maximum Gasteiger partial charge on any atom is 0.271 e. The minimum absolute atomic E-state index is 0.214. The number of primary sulfonamides is 1. The quantitative estimate of drug-likeness (QED) is 0.604. The number of amides is 1. The zero-order chi connectivity index (χ0) is 15.5. The number of nitrogens with zero attached hydrogens (tertiary/aromatic N) is 1. The lowest BCUT2D eigenvalue weighted by Crippen LogP contribution is -2.26. The Kier molecular flexibility index (Phi) is 4.73. The summed E-state index contributed by atoms with van der Waals surface area (Å²) < 4.78 is 36.3. The van der Waals surface area contributed by atoms with E-state index in [1.54, 1.807) is 6.92 Å². The number of hydrogen-bond acceptors (Lipinski definition) is 5. The summed E-state index contributed by atoms with van der Waals surface area (Å²) in [6.45, 7) is 1.96. The Morgan fingerprint density at radius 1 is 1.50 bits per heavy atom. The van der Waals surface area contributed by atoms with Gasteiger partial charge in [-0.3, -0.25) is 14.9 Å². The van der Waals surface area contributed by atoms with Crippen LogP contribution in [0.5, 0.6) is 0 Å². The van der Waals surface area contributed by atoms with E-state index in [0.717, 1.165) is 0 Å². The van der Waals surface area contributed by atoms with E-state index in [4.69, 9.17) is 5.14 Å². The Bertz CT molecular complexity index is 659. The Morgan fingerprint density at radius 2 is 2.10 bits per heavy atom. The minimum Gasteiger partial charge on any atom is -0.352 e. The summed E-state index contributed by atoms with van der Waals surface area (Å²) in [5.41, 5.74) is -1.48. The fourth-order valence-corrected chi connectivity index (χ4v) is 2.04. The molecule has 1 aromatic carbocycles. The van der Waals surface area contributed by atoms with Crippen molar-refractivity contribution in [1.82, 2.24) is 5.32 Å². The number of nitro benzene ring substituents is 1. The van der Waals surface area contributed by atoms with Crippen LogP contribution in [0.3, 0.4) is 0 Å². The first-order chi connectivity index (χ1) is 9.18. The summed E-state index contributed by atoms with van der Waals surface area (Å²) in [5.74, 6) is -2.36. The molecule has 0 spiro atoms. The Labute approximate surface area is 114 Å². The summed E-state index contributed by atoms with van der Waals surface area (Å²) in [6.07, 6.45) is 0.560. The number of nitrogens with one attached hydrogen (secondary N) is 1. The van der Waals surface area contributed by atoms with Gasteiger partial charge in [0.15, 0.2) is 5.82 Å². The van der Waals surface area contributed by atoms with Crippen LogP contribution in [0.1, 0.15) is 23.7 Å². The van der Waals surface area contributed by atoms with Gasteiger partial charge in [-0.25, -0.2) is 17.9 Å². The normalized spacial score (nSPS) is 11.2. The molecular formula is C10H12FN3O5S. The van der Waals surface area contributed by atoms with E-state index in [9.17, 15) is 27.7 Å². The van der Waals surface area contributed by atoms with Gasteiger partial charge in [0, 0.05) is 18.7 Å². The molecule has 0 heterocycles. The Balaban J connectivity index is 3.47. The number of carbonyl (C=O) groups is 1. The topological polar surface area (TPSA) is 132 Å². The maximum absolute atomic E-state index is 13.9. The van der Waals surface area contributed by atoms with Crippen molar-refractivity contribution < 1.29 is 22.5 Å². The second-order valence-corrected chi connectivity index (χ2v) is 5.39. The lowest BCUT2D eigenvalue weighted by Gasteiger charge is -2.07. The summed E-state index contributed by atoms with van der Waals surface area (Å²) in [4.78, 5) is 20.3. The first kappa shape index (κ1) is 16.0. The Morgan fingerprint density at radius 3 is 2.55 bits per heavy atom. The van der Waals surface area contributed by atoms with Crippen molar-refractivity contribution >= 4 is 21.6 Å². The molecule has 0 saturated carbocycles. The number of halogens is 1. The first-order valence-corrected chi connectivity index (χ1v) is 7.02. The monoisotopic (exact) mass is 305 g/mol. The largest absolute Gasteiger partial charge is 0.352 e. The summed E-state index contributed by atoms with van der Waals surface area (Å²) in [6, 6.07) is 1.14. The molecule has 3 N–H and O–H groups in total.